The summed E-state index contributed by atoms with van der Waals surface area (Å²) in [5.74, 6) is 0.723. The topological polar surface area (TPSA) is 55.0 Å². The zero-order valence-corrected chi connectivity index (χ0v) is 9.48. The molecule has 1 aromatic carbocycles. The number of aromatic nitrogens is 2. The van der Waals surface area contributed by atoms with Crippen molar-refractivity contribution >= 4 is 10.9 Å². The molecule has 4 heteroatoms. The van der Waals surface area contributed by atoms with Gasteiger partial charge in [-0.3, -0.25) is 4.79 Å². The van der Waals surface area contributed by atoms with Crippen LogP contribution in [0.5, 0.6) is 0 Å². The summed E-state index contributed by atoms with van der Waals surface area (Å²) in [6.07, 6.45) is 3.05. The lowest BCUT2D eigenvalue weighted by molar-refractivity contribution is 0.110. The van der Waals surface area contributed by atoms with Crippen LogP contribution in [0.15, 0.2) is 29.1 Å². The molecule has 4 nitrogen and oxygen atoms in total. The number of nitrogens with one attached hydrogen (secondary N) is 1. The molecule has 17 heavy (non-hydrogen) atoms. The summed E-state index contributed by atoms with van der Waals surface area (Å²) in [5, 5.41) is 0.642. The predicted octanol–water partition coefficient (Wildman–Crippen LogP) is 1.64. The van der Waals surface area contributed by atoms with Crippen molar-refractivity contribution < 1.29 is 4.74 Å². The van der Waals surface area contributed by atoms with Crippen LogP contribution in [0.1, 0.15) is 18.7 Å². The van der Waals surface area contributed by atoms with Crippen molar-refractivity contribution in [2.75, 3.05) is 6.61 Å². The normalized spacial score (nSPS) is 19.9. The van der Waals surface area contributed by atoms with Gasteiger partial charge in [0.05, 0.1) is 17.0 Å². The quantitative estimate of drug-likeness (QED) is 0.853. The summed E-state index contributed by atoms with van der Waals surface area (Å²) in [5.41, 5.74) is 0.688. The van der Waals surface area contributed by atoms with E-state index in [0.29, 0.717) is 11.8 Å². The van der Waals surface area contributed by atoms with E-state index in [2.05, 4.69) is 9.97 Å². The molecule has 2 aromatic rings. The van der Waals surface area contributed by atoms with Crippen molar-refractivity contribution in [2.24, 2.45) is 0 Å². The molecule has 2 heterocycles. The molecule has 1 unspecified atom stereocenters. The van der Waals surface area contributed by atoms with E-state index in [-0.39, 0.29) is 11.7 Å². The molecule has 88 valence electrons. The van der Waals surface area contributed by atoms with Crippen molar-refractivity contribution in [3.05, 3.63) is 40.4 Å². The van der Waals surface area contributed by atoms with E-state index in [1.54, 1.807) is 6.07 Å². The summed E-state index contributed by atoms with van der Waals surface area (Å²) in [6.45, 7) is 0.822. The number of ether oxygens (including phenoxy) is 1. The Labute approximate surface area is 98.6 Å². The Kier molecular flexibility index (Phi) is 2.65. The highest BCUT2D eigenvalue weighted by Gasteiger charge is 2.17. The molecule has 0 bridgehead atoms. The molecule has 0 radical (unpaired) electrons. The van der Waals surface area contributed by atoms with Crippen molar-refractivity contribution in [1.29, 1.82) is 0 Å². The molecular weight excluding hydrogens is 216 g/mol. The van der Waals surface area contributed by atoms with Crippen molar-refractivity contribution in [3.63, 3.8) is 0 Å². The lowest BCUT2D eigenvalue weighted by Crippen LogP contribution is -2.17. The van der Waals surface area contributed by atoms with Gasteiger partial charge in [-0.15, -0.1) is 0 Å². The van der Waals surface area contributed by atoms with Gasteiger partial charge in [0.2, 0.25) is 0 Å². The Hall–Kier alpha value is -1.68. The van der Waals surface area contributed by atoms with Gasteiger partial charge in [-0.2, -0.15) is 0 Å². The van der Waals surface area contributed by atoms with Gasteiger partial charge < -0.3 is 9.72 Å². The minimum Gasteiger partial charge on any atom is -0.378 e. The Morgan fingerprint density at radius 1 is 1.41 bits per heavy atom. The first-order valence-electron chi connectivity index (χ1n) is 5.92. The smallest absolute Gasteiger partial charge is 0.258 e. The van der Waals surface area contributed by atoms with Crippen LogP contribution in [-0.2, 0) is 11.2 Å². The first kappa shape index (κ1) is 10.5. The number of H-pyrrole nitrogens is 1. The number of fused-ring (bicyclic) bond motifs is 1. The van der Waals surface area contributed by atoms with E-state index in [4.69, 9.17) is 4.74 Å². The molecule has 0 spiro atoms. The largest absolute Gasteiger partial charge is 0.378 e. The van der Waals surface area contributed by atoms with Gasteiger partial charge in [0.15, 0.2) is 0 Å². The zero-order chi connectivity index (χ0) is 11.7. The molecule has 0 aliphatic carbocycles. The molecule has 1 atom stereocenters. The van der Waals surface area contributed by atoms with E-state index in [1.807, 2.05) is 18.2 Å². The van der Waals surface area contributed by atoms with Crippen LogP contribution < -0.4 is 5.56 Å². The Balaban J connectivity index is 1.97. The maximum Gasteiger partial charge on any atom is 0.258 e. The van der Waals surface area contributed by atoms with Crippen LogP contribution in [0, 0.1) is 0 Å². The molecule has 1 aromatic heterocycles. The van der Waals surface area contributed by atoms with Crippen molar-refractivity contribution in [3.8, 4) is 0 Å². The first-order valence-corrected chi connectivity index (χ1v) is 5.92. The fourth-order valence-electron chi connectivity index (χ4n) is 2.25. The van der Waals surface area contributed by atoms with Crippen LogP contribution >= 0.6 is 0 Å². The van der Waals surface area contributed by atoms with E-state index >= 15 is 0 Å². The molecule has 1 N–H and O–H groups in total. The van der Waals surface area contributed by atoms with Crippen LogP contribution in [0.25, 0.3) is 10.9 Å². The number of hydrogen-bond donors (Lipinski definition) is 1. The predicted molar refractivity (Wildman–Crippen MR) is 65.0 cm³/mol. The number of para-hydroxylation sites is 1. The van der Waals surface area contributed by atoms with E-state index in [1.165, 1.54) is 0 Å². The maximum atomic E-state index is 11.8. The van der Waals surface area contributed by atoms with Crippen molar-refractivity contribution in [1.82, 2.24) is 9.97 Å². The highest BCUT2D eigenvalue weighted by molar-refractivity contribution is 5.77. The minimum absolute atomic E-state index is 0.0661. The number of benzene rings is 1. The zero-order valence-electron chi connectivity index (χ0n) is 9.48. The van der Waals surface area contributed by atoms with Crippen molar-refractivity contribution in [2.45, 2.75) is 25.4 Å². The van der Waals surface area contributed by atoms with E-state index in [9.17, 15) is 4.79 Å². The third-order valence-electron chi connectivity index (χ3n) is 3.11. The molecule has 0 saturated carbocycles. The summed E-state index contributed by atoms with van der Waals surface area (Å²) < 4.78 is 5.55. The highest BCUT2D eigenvalue weighted by Crippen LogP contribution is 2.15. The fourth-order valence-corrected chi connectivity index (χ4v) is 2.25. The third kappa shape index (κ3) is 2.08. The SMILES string of the molecule is O=c1[nH]c(CC2CCCO2)nc2ccccc12. The summed E-state index contributed by atoms with van der Waals surface area (Å²) in [4.78, 5) is 19.1. The lowest BCUT2D eigenvalue weighted by Gasteiger charge is -2.08. The molecule has 1 saturated heterocycles. The number of nitrogens with zero attached hydrogens (tertiary/aromatic N) is 1. The van der Waals surface area contributed by atoms with Crippen LogP contribution in [-0.4, -0.2) is 22.7 Å². The average molecular weight is 230 g/mol. The Morgan fingerprint density at radius 2 is 2.29 bits per heavy atom. The van der Waals surface area contributed by atoms with Crippen LogP contribution in [0.2, 0.25) is 0 Å². The first-order chi connectivity index (χ1) is 8.33. The standard InChI is InChI=1S/C13H14N2O2/c16-13-10-5-1-2-6-11(10)14-12(15-13)8-9-4-3-7-17-9/h1-2,5-6,9H,3-4,7-8H2,(H,14,15,16). The molecule has 1 aliphatic rings. The second-order valence-electron chi connectivity index (χ2n) is 4.37. The van der Waals surface area contributed by atoms with Gasteiger partial charge in [0.1, 0.15) is 5.82 Å². The average Bonchev–Trinajstić information content (AvgIpc) is 2.82. The monoisotopic (exact) mass is 230 g/mol. The van der Waals surface area contributed by atoms with E-state index < -0.39 is 0 Å². The third-order valence-corrected chi connectivity index (χ3v) is 3.11. The van der Waals surface area contributed by atoms with Gasteiger partial charge in [-0.05, 0) is 25.0 Å². The van der Waals surface area contributed by atoms with E-state index in [0.717, 1.165) is 30.8 Å². The summed E-state index contributed by atoms with van der Waals surface area (Å²) >= 11 is 0. The molecule has 1 fully saturated rings. The number of rotatable bonds is 2. The summed E-state index contributed by atoms with van der Waals surface area (Å²) in [7, 11) is 0. The number of aromatic amines is 1. The van der Waals surface area contributed by atoms with Gasteiger partial charge in [0.25, 0.3) is 5.56 Å². The van der Waals surface area contributed by atoms with Gasteiger partial charge in [0, 0.05) is 13.0 Å². The van der Waals surface area contributed by atoms with Gasteiger partial charge in [-0.1, -0.05) is 12.1 Å². The fraction of sp³-hybridized carbons (Fsp3) is 0.385. The minimum atomic E-state index is -0.0661. The molecule has 0 amide bonds. The maximum absolute atomic E-state index is 11.8. The molecule has 3 rings (SSSR count). The van der Waals surface area contributed by atoms with Crippen LogP contribution in [0.3, 0.4) is 0 Å². The number of hydrogen-bond acceptors (Lipinski definition) is 3. The highest BCUT2D eigenvalue weighted by atomic mass is 16.5. The summed E-state index contributed by atoms with van der Waals surface area (Å²) in [6, 6.07) is 7.39. The second kappa shape index (κ2) is 4.30. The molecule has 1 aliphatic heterocycles. The lowest BCUT2D eigenvalue weighted by atomic mass is 10.1. The Bertz CT molecular complexity index is 585. The van der Waals surface area contributed by atoms with Gasteiger partial charge >= 0.3 is 0 Å². The second-order valence-corrected chi connectivity index (χ2v) is 4.37. The van der Waals surface area contributed by atoms with Gasteiger partial charge in [-0.25, -0.2) is 4.98 Å². The Morgan fingerprint density at radius 3 is 3.12 bits per heavy atom. The van der Waals surface area contributed by atoms with Crippen LogP contribution in [0.4, 0.5) is 0 Å². The molecular formula is C13H14N2O2.